The third kappa shape index (κ3) is 3.61. The average molecular weight is 371 g/mol. The number of fused-ring (bicyclic) bond motifs is 1. The maximum Gasteiger partial charge on any atom is 0.211 e. The smallest absolute Gasteiger partial charge is 0.211 e. The van der Waals surface area contributed by atoms with Crippen molar-refractivity contribution >= 4 is 21.0 Å². The molecule has 6 heteroatoms. The van der Waals surface area contributed by atoms with Crippen molar-refractivity contribution < 1.29 is 17.6 Å². The topological polar surface area (TPSA) is 59.8 Å². The summed E-state index contributed by atoms with van der Waals surface area (Å²) in [6.45, 7) is 1.03. The summed E-state index contributed by atoms with van der Waals surface area (Å²) >= 11 is 0. The van der Waals surface area contributed by atoms with Crippen LogP contribution < -0.4 is 4.74 Å². The predicted octanol–water partition coefficient (Wildman–Crippen LogP) is 3.90. The van der Waals surface area contributed by atoms with Crippen molar-refractivity contribution in [1.29, 1.82) is 0 Å². The monoisotopic (exact) mass is 371 g/mol. The molecule has 2 heterocycles. The van der Waals surface area contributed by atoms with Crippen LogP contribution in [0.1, 0.15) is 12.8 Å². The van der Waals surface area contributed by atoms with Gasteiger partial charge in [0.05, 0.1) is 6.26 Å². The number of rotatable bonds is 4. The van der Waals surface area contributed by atoms with Gasteiger partial charge in [-0.2, -0.15) is 0 Å². The van der Waals surface area contributed by atoms with Crippen molar-refractivity contribution in [3.63, 3.8) is 0 Å². The number of hydrogen-bond donors (Lipinski definition) is 0. The van der Waals surface area contributed by atoms with Crippen LogP contribution in [0.5, 0.6) is 5.75 Å². The largest absolute Gasteiger partial charge is 0.490 e. The summed E-state index contributed by atoms with van der Waals surface area (Å²) in [5, 5.41) is 1.08. The van der Waals surface area contributed by atoms with Crippen LogP contribution in [-0.4, -0.2) is 38.2 Å². The summed E-state index contributed by atoms with van der Waals surface area (Å²) in [7, 11) is -3.10. The van der Waals surface area contributed by atoms with Gasteiger partial charge in [0.1, 0.15) is 23.2 Å². The van der Waals surface area contributed by atoms with E-state index in [2.05, 4.69) is 0 Å². The molecule has 0 aliphatic carbocycles. The summed E-state index contributed by atoms with van der Waals surface area (Å²) in [4.78, 5) is 0. The Bertz CT molecular complexity index is 967. The van der Waals surface area contributed by atoms with Crippen molar-refractivity contribution in [2.24, 2.45) is 0 Å². The SMILES string of the molecule is CS(=O)(=O)N1CCC(Oc2ccc(-c3cc4ccccc4o3)cc2)CC1. The fraction of sp³-hybridized carbons (Fsp3) is 0.300. The van der Waals surface area contributed by atoms with E-state index in [0.29, 0.717) is 25.9 Å². The van der Waals surface area contributed by atoms with Crippen LogP contribution in [0.25, 0.3) is 22.3 Å². The van der Waals surface area contributed by atoms with Gasteiger partial charge >= 0.3 is 0 Å². The highest BCUT2D eigenvalue weighted by molar-refractivity contribution is 7.88. The second kappa shape index (κ2) is 6.78. The Morgan fingerprint density at radius 3 is 2.38 bits per heavy atom. The second-order valence-corrected chi connectivity index (χ2v) is 8.63. The maximum absolute atomic E-state index is 11.6. The molecule has 3 aromatic rings. The Hall–Kier alpha value is -2.31. The Labute approximate surface area is 153 Å². The summed E-state index contributed by atoms with van der Waals surface area (Å²) in [5.74, 6) is 1.63. The highest BCUT2D eigenvalue weighted by Crippen LogP contribution is 2.29. The number of ether oxygens (including phenoxy) is 1. The van der Waals surface area contributed by atoms with Gasteiger partial charge in [-0.05, 0) is 49.2 Å². The molecule has 1 aliphatic heterocycles. The van der Waals surface area contributed by atoms with Gasteiger partial charge in [-0.25, -0.2) is 12.7 Å². The molecule has 136 valence electrons. The van der Waals surface area contributed by atoms with Crippen molar-refractivity contribution in [3.8, 4) is 17.1 Å². The fourth-order valence-electron chi connectivity index (χ4n) is 3.30. The quantitative estimate of drug-likeness (QED) is 0.698. The summed E-state index contributed by atoms with van der Waals surface area (Å²) < 4.78 is 36.5. The van der Waals surface area contributed by atoms with Gasteiger partial charge in [-0.15, -0.1) is 0 Å². The van der Waals surface area contributed by atoms with E-state index in [1.807, 2.05) is 54.6 Å². The molecule has 0 radical (unpaired) electrons. The normalized spacial score (nSPS) is 16.8. The molecule has 0 amide bonds. The minimum absolute atomic E-state index is 0.0463. The fourth-order valence-corrected chi connectivity index (χ4v) is 4.17. The lowest BCUT2D eigenvalue weighted by Crippen LogP contribution is -2.41. The van der Waals surface area contributed by atoms with Gasteiger partial charge < -0.3 is 9.15 Å². The highest BCUT2D eigenvalue weighted by Gasteiger charge is 2.25. The zero-order chi connectivity index (χ0) is 18.1. The van der Waals surface area contributed by atoms with E-state index in [9.17, 15) is 8.42 Å². The molecule has 0 unspecified atom stereocenters. The van der Waals surface area contributed by atoms with Crippen LogP contribution in [0.15, 0.2) is 59.0 Å². The number of hydrogen-bond acceptors (Lipinski definition) is 4. The summed E-state index contributed by atoms with van der Waals surface area (Å²) in [5.41, 5.74) is 1.88. The second-order valence-electron chi connectivity index (χ2n) is 6.65. The molecular formula is C20H21NO4S. The average Bonchev–Trinajstić information content (AvgIpc) is 3.06. The molecule has 0 saturated carbocycles. The van der Waals surface area contributed by atoms with Crippen molar-refractivity contribution in [3.05, 3.63) is 54.6 Å². The van der Waals surface area contributed by atoms with E-state index in [1.54, 1.807) is 0 Å². The lowest BCUT2D eigenvalue weighted by molar-refractivity contribution is 0.135. The Morgan fingerprint density at radius 2 is 1.73 bits per heavy atom. The van der Waals surface area contributed by atoms with Crippen molar-refractivity contribution in [1.82, 2.24) is 4.31 Å². The third-order valence-corrected chi connectivity index (χ3v) is 6.04. The minimum Gasteiger partial charge on any atom is -0.490 e. The Kier molecular flexibility index (Phi) is 4.46. The molecule has 1 aliphatic rings. The number of furan rings is 1. The van der Waals surface area contributed by atoms with Gasteiger partial charge in [-0.3, -0.25) is 0 Å². The molecule has 0 N–H and O–H groups in total. The first kappa shape index (κ1) is 17.1. The van der Waals surface area contributed by atoms with Crippen molar-refractivity contribution in [2.45, 2.75) is 18.9 Å². The van der Waals surface area contributed by atoms with Crippen LogP contribution >= 0.6 is 0 Å². The predicted molar refractivity (Wildman–Crippen MR) is 102 cm³/mol. The standard InChI is InChI=1S/C20H21NO4S/c1-26(22,23)21-12-10-18(11-13-21)24-17-8-6-15(7-9-17)20-14-16-4-2-3-5-19(16)25-20/h2-9,14,18H,10-13H2,1H3. The first-order valence-corrected chi connectivity index (χ1v) is 10.5. The molecular weight excluding hydrogens is 350 g/mol. The molecule has 5 nitrogen and oxygen atoms in total. The molecule has 0 bridgehead atoms. The van der Waals surface area contributed by atoms with Crippen LogP contribution in [0, 0.1) is 0 Å². The molecule has 0 atom stereocenters. The van der Waals surface area contributed by atoms with Gasteiger partial charge in [0, 0.05) is 24.0 Å². The van der Waals surface area contributed by atoms with E-state index in [-0.39, 0.29) is 6.10 Å². The van der Waals surface area contributed by atoms with Crippen molar-refractivity contribution in [2.75, 3.05) is 19.3 Å². The summed E-state index contributed by atoms with van der Waals surface area (Å²) in [6.07, 6.45) is 2.71. The third-order valence-electron chi connectivity index (χ3n) is 4.74. The van der Waals surface area contributed by atoms with Gasteiger partial charge in [-0.1, -0.05) is 18.2 Å². The molecule has 2 aromatic carbocycles. The molecule has 0 spiro atoms. The van der Waals surface area contributed by atoms with E-state index < -0.39 is 10.0 Å². The van der Waals surface area contributed by atoms with Gasteiger partial charge in [0.25, 0.3) is 0 Å². The molecule has 4 rings (SSSR count). The minimum atomic E-state index is -3.10. The molecule has 1 fully saturated rings. The first-order chi connectivity index (χ1) is 12.5. The highest BCUT2D eigenvalue weighted by atomic mass is 32.2. The number of nitrogens with zero attached hydrogens (tertiary/aromatic N) is 1. The van der Waals surface area contributed by atoms with Crippen LogP contribution in [0.2, 0.25) is 0 Å². The molecule has 26 heavy (non-hydrogen) atoms. The first-order valence-electron chi connectivity index (χ1n) is 8.70. The zero-order valence-corrected chi connectivity index (χ0v) is 15.4. The number of piperidine rings is 1. The van der Waals surface area contributed by atoms with E-state index in [4.69, 9.17) is 9.15 Å². The Morgan fingerprint density at radius 1 is 1.04 bits per heavy atom. The van der Waals surface area contributed by atoms with E-state index in [1.165, 1.54) is 10.6 Å². The number of benzene rings is 2. The van der Waals surface area contributed by atoms with Crippen LogP contribution in [-0.2, 0) is 10.0 Å². The molecule has 1 aromatic heterocycles. The Balaban J connectivity index is 1.42. The summed E-state index contributed by atoms with van der Waals surface area (Å²) in [6, 6.07) is 17.8. The van der Waals surface area contributed by atoms with Crippen LogP contribution in [0.4, 0.5) is 0 Å². The van der Waals surface area contributed by atoms with E-state index in [0.717, 1.165) is 28.0 Å². The maximum atomic E-state index is 11.6. The van der Waals surface area contributed by atoms with Gasteiger partial charge in [0.15, 0.2) is 0 Å². The number of para-hydroxylation sites is 1. The molecule has 1 saturated heterocycles. The lowest BCUT2D eigenvalue weighted by atomic mass is 10.1. The number of sulfonamides is 1. The van der Waals surface area contributed by atoms with Crippen LogP contribution in [0.3, 0.4) is 0 Å². The zero-order valence-electron chi connectivity index (χ0n) is 14.6. The van der Waals surface area contributed by atoms with Gasteiger partial charge in [0.2, 0.25) is 10.0 Å². The lowest BCUT2D eigenvalue weighted by Gasteiger charge is -2.30. The van der Waals surface area contributed by atoms with E-state index >= 15 is 0 Å².